The maximum absolute atomic E-state index is 12.5. The van der Waals surface area contributed by atoms with E-state index in [1.165, 1.54) is 19.3 Å². The minimum Gasteiger partial charge on any atom is -0.493 e. The molecule has 21 heavy (non-hydrogen) atoms. The summed E-state index contributed by atoms with van der Waals surface area (Å²) in [4.78, 5) is 14.8. The molecular formula is C18H27NO2. The number of piperidine rings is 1. The molecule has 0 spiro atoms. The van der Waals surface area contributed by atoms with Crippen LogP contribution in [0.15, 0.2) is 12.1 Å². The summed E-state index contributed by atoms with van der Waals surface area (Å²) in [7, 11) is 0. The van der Waals surface area contributed by atoms with Gasteiger partial charge in [-0.05, 0) is 69.5 Å². The summed E-state index contributed by atoms with van der Waals surface area (Å²) in [5.41, 5.74) is 2.92. The van der Waals surface area contributed by atoms with Crippen LogP contribution in [-0.4, -0.2) is 36.9 Å². The van der Waals surface area contributed by atoms with Crippen LogP contribution < -0.4 is 4.74 Å². The van der Waals surface area contributed by atoms with E-state index in [-0.39, 0.29) is 5.78 Å². The number of ether oxygens (including phenoxy) is 1. The third-order valence-electron chi connectivity index (χ3n) is 4.10. The van der Waals surface area contributed by atoms with Crippen molar-refractivity contribution >= 4 is 5.78 Å². The van der Waals surface area contributed by atoms with Crippen molar-refractivity contribution in [2.24, 2.45) is 0 Å². The zero-order valence-electron chi connectivity index (χ0n) is 13.6. The summed E-state index contributed by atoms with van der Waals surface area (Å²) in [5, 5.41) is 0. The Kier molecular flexibility index (Phi) is 5.80. The number of likely N-dealkylation sites (tertiary alicyclic amines) is 1. The van der Waals surface area contributed by atoms with Gasteiger partial charge in [-0.25, -0.2) is 0 Å². The van der Waals surface area contributed by atoms with Gasteiger partial charge >= 0.3 is 0 Å². The van der Waals surface area contributed by atoms with Crippen LogP contribution in [0.5, 0.6) is 5.75 Å². The first-order chi connectivity index (χ1) is 10.1. The zero-order valence-corrected chi connectivity index (χ0v) is 13.6. The number of nitrogens with zero attached hydrogens (tertiary/aromatic N) is 1. The Morgan fingerprint density at radius 3 is 2.52 bits per heavy atom. The van der Waals surface area contributed by atoms with Crippen LogP contribution >= 0.6 is 0 Å². The first-order valence-electron chi connectivity index (χ1n) is 8.11. The van der Waals surface area contributed by atoms with Gasteiger partial charge in [0.1, 0.15) is 5.75 Å². The van der Waals surface area contributed by atoms with Crippen LogP contribution in [0, 0.1) is 13.8 Å². The third-order valence-corrected chi connectivity index (χ3v) is 4.10. The van der Waals surface area contributed by atoms with E-state index >= 15 is 0 Å². The Hall–Kier alpha value is -1.35. The Labute approximate surface area is 128 Å². The maximum atomic E-state index is 12.5. The van der Waals surface area contributed by atoms with E-state index in [2.05, 4.69) is 11.8 Å². The minimum absolute atomic E-state index is 0.236. The van der Waals surface area contributed by atoms with Crippen molar-refractivity contribution in [2.45, 2.75) is 46.5 Å². The maximum Gasteiger partial charge on any atom is 0.177 e. The Bertz CT molecular complexity index is 490. The molecule has 1 saturated heterocycles. The second kappa shape index (κ2) is 7.60. The molecule has 1 aromatic rings. The molecule has 0 radical (unpaired) electrons. The average Bonchev–Trinajstić information content (AvgIpc) is 2.48. The van der Waals surface area contributed by atoms with Crippen molar-refractivity contribution in [2.75, 3.05) is 26.2 Å². The summed E-state index contributed by atoms with van der Waals surface area (Å²) in [6, 6.07) is 4.00. The van der Waals surface area contributed by atoms with E-state index in [0.717, 1.165) is 48.6 Å². The number of aryl methyl sites for hydroxylation is 2. The molecule has 1 heterocycles. The molecular weight excluding hydrogens is 262 g/mol. The van der Waals surface area contributed by atoms with Crippen molar-refractivity contribution in [3.05, 3.63) is 28.8 Å². The molecule has 0 unspecified atom stereocenters. The molecule has 0 aromatic heterocycles. The van der Waals surface area contributed by atoms with E-state index in [0.29, 0.717) is 6.54 Å². The minimum atomic E-state index is 0.236. The molecule has 3 nitrogen and oxygen atoms in total. The van der Waals surface area contributed by atoms with Gasteiger partial charge in [0.25, 0.3) is 0 Å². The van der Waals surface area contributed by atoms with E-state index < -0.39 is 0 Å². The smallest absolute Gasteiger partial charge is 0.177 e. The summed E-state index contributed by atoms with van der Waals surface area (Å²) in [6.45, 7) is 9.50. The van der Waals surface area contributed by atoms with Crippen LogP contribution in [0.4, 0.5) is 0 Å². The number of Topliss-reactive ketones (excluding diaryl/α,β-unsaturated/α-hetero) is 1. The molecule has 0 saturated carbocycles. The second-order valence-electron chi connectivity index (χ2n) is 6.04. The molecule has 3 heteroatoms. The molecule has 1 aliphatic heterocycles. The number of hydrogen-bond acceptors (Lipinski definition) is 3. The lowest BCUT2D eigenvalue weighted by Crippen LogP contribution is -2.34. The largest absolute Gasteiger partial charge is 0.493 e. The van der Waals surface area contributed by atoms with Crippen molar-refractivity contribution in [1.29, 1.82) is 0 Å². The van der Waals surface area contributed by atoms with Gasteiger partial charge in [-0.3, -0.25) is 9.69 Å². The number of ketones is 1. The second-order valence-corrected chi connectivity index (χ2v) is 6.04. The summed E-state index contributed by atoms with van der Waals surface area (Å²) in [6.07, 6.45) is 4.73. The molecule has 1 aliphatic rings. The van der Waals surface area contributed by atoms with Gasteiger partial charge in [0.2, 0.25) is 0 Å². The lowest BCUT2D eigenvalue weighted by molar-refractivity contribution is 0.0915. The molecule has 0 atom stereocenters. The first-order valence-corrected chi connectivity index (χ1v) is 8.11. The molecule has 0 N–H and O–H groups in total. The van der Waals surface area contributed by atoms with E-state index in [1.54, 1.807) is 0 Å². The van der Waals surface area contributed by atoms with Gasteiger partial charge in [-0.1, -0.05) is 13.3 Å². The van der Waals surface area contributed by atoms with Crippen molar-refractivity contribution < 1.29 is 9.53 Å². The van der Waals surface area contributed by atoms with Gasteiger partial charge in [0.05, 0.1) is 13.2 Å². The normalized spacial score (nSPS) is 16.0. The monoisotopic (exact) mass is 289 g/mol. The van der Waals surface area contributed by atoms with Gasteiger partial charge in [0, 0.05) is 5.56 Å². The SMILES string of the molecule is CCCOc1cc(C)c(C(=O)CN2CCCCC2)cc1C. The molecule has 2 rings (SSSR count). The van der Waals surface area contributed by atoms with E-state index in [9.17, 15) is 4.79 Å². The molecule has 0 bridgehead atoms. The predicted octanol–water partition coefficient (Wildman–Crippen LogP) is 3.76. The Balaban J connectivity index is 2.07. The highest BCUT2D eigenvalue weighted by Gasteiger charge is 2.17. The van der Waals surface area contributed by atoms with Gasteiger partial charge in [-0.2, -0.15) is 0 Å². The molecule has 1 aromatic carbocycles. The van der Waals surface area contributed by atoms with Crippen molar-refractivity contribution in [3.8, 4) is 5.75 Å². The fraction of sp³-hybridized carbons (Fsp3) is 0.611. The lowest BCUT2D eigenvalue weighted by Gasteiger charge is -2.26. The number of rotatable bonds is 6. The standard InChI is InChI=1S/C18H27NO2/c1-4-10-21-18-12-14(2)16(11-15(18)3)17(20)13-19-8-6-5-7-9-19/h11-12H,4-10,13H2,1-3H3. The van der Waals surface area contributed by atoms with Crippen molar-refractivity contribution in [3.63, 3.8) is 0 Å². The molecule has 0 aliphatic carbocycles. The number of carbonyl (C=O) groups excluding carboxylic acids is 1. The zero-order chi connectivity index (χ0) is 15.2. The summed E-state index contributed by atoms with van der Waals surface area (Å²) >= 11 is 0. The molecule has 1 fully saturated rings. The number of hydrogen-bond donors (Lipinski definition) is 0. The number of carbonyl (C=O) groups is 1. The lowest BCUT2D eigenvalue weighted by atomic mass is 10.00. The van der Waals surface area contributed by atoms with Crippen LogP contribution in [0.3, 0.4) is 0 Å². The van der Waals surface area contributed by atoms with Gasteiger partial charge in [-0.15, -0.1) is 0 Å². The molecule has 0 amide bonds. The van der Waals surface area contributed by atoms with Gasteiger partial charge in [0.15, 0.2) is 5.78 Å². The third kappa shape index (κ3) is 4.31. The van der Waals surface area contributed by atoms with Crippen LogP contribution in [-0.2, 0) is 0 Å². The summed E-state index contributed by atoms with van der Waals surface area (Å²) in [5.74, 6) is 1.14. The number of benzene rings is 1. The highest BCUT2D eigenvalue weighted by Crippen LogP contribution is 2.24. The first kappa shape index (κ1) is 16.0. The van der Waals surface area contributed by atoms with Crippen LogP contribution in [0.1, 0.15) is 54.1 Å². The molecule has 116 valence electrons. The van der Waals surface area contributed by atoms with Gasteiger partial charge < -0.3 is 4.74 Å². The fourth-order valence-electron chi connectivity index (χ4n) is 2.86. The van der Waals surface area contributed by atoms with Crippen LogP contribution in [0.25, 0.3) is 0 Å². The Morgan fingerprint density at radius 1 is 1.14 bits per heavy atom. The van der Waals surface area contributed by atoms with E-state index in [1.807, 2.05) is 26.0 Å². The average molecular weight is 289 g/mol. The quantitative estimate of drug-likeness (QED) is 0.747. The van der Waals surface area contributed by atoms with E-state index in [4.69, 9.17) is 4.74 Å². The highest BCUT2D eigenvalue weighted by molar-refractivity contribution is 5.99. The topological polar surface area (TPSA) is 29.5 Å². The predicted molar refractivity (Wildman–Crippen MR) is 86.3 cm³/mol. The van der Waals surface area contributed by atoms with Crippen molar-refractivity contribution in [1.82, 2.24) is 4.90 Å². The Morgan fingerprint density at radius 2 is 1.86 bits per heavy atom. The highest BCUT2D eigenvalue weighted by atomic mass is 16.5. The fourth-order valence-corrected chi connectivity index (χ4v) is 2.86. The van der Waals surface area contributed by atoms with Crippen LogP contribution in [0.2, 0.25) is 0 Å². The summed E-state index contributed by atoms with van der Waals surface area (Å²) < 4.78 is 5.73.